The predicted octanol–water partition coefficient (Wildman–Crippen LogP) is 5.11. The second-order valence-corrected chi connectivity index (χ2v) is 8.87. The standard InChI is InChI=1S/C20H32O/c1-5-18(2)12-9-16-15(13-18)7-8-17-19(3,14-21)10-6-11-20(16,17)4/h5,7,16-17,21H,1,6,8-14H2,2-4H3/t16-,17-,18+,19-,20-/m0/s1. The van der Waals surface area contributed by atoms with Crippen molar-refractivity contribution in [1.82, 2.24) is 0 Å². The van der Waals surface area contributed by atoms with Crippen LogP contribution in [0.1, 0.15) is 65.7 Å². The molecule has 2 saturated carbocycles. The lowest BCUT2D eigenvalue weighted by Crippen LogP contribution is -2.52. The average molecular weight is 288 g/mol. The number of allylic oxidation sites excluding steroid dienone is 3. The van der Waals surface area contributed by atoms with Crippen LogP contribution in [-0.2, 0) is 0 Å². The first-order valence-corrected chi connectivity index (χ1v) is 8.80. The summed E-state index contributed by atoms with van der Waals surface area (Å²) >= 11 is 0. The lowest BCUT2D eigenvalue weighted by molar-refractivity contribution is -0.0805. The van der Waals surface area contributed by atoms with E-state index in [2.05, 4.69) is 39.5 Å². The van der Waals surface area contributed by atoms with Crippen LogP contribution in [0.4, 0.5) is 0 Å². The van der Waals surface area contributed by atoms with Gasteiger partial charge in [-0.05, 0) is 66.6 Å². The summed E-state index contributed by atoms with van der Waals surface area (Å²) < 4.78 is 0. The molecule has 0 amide bonds. The van der Waals surface area contributed by atoms with E-state index in [-0.39, 0.29) is 5.41 Å². The predicted molar refractivity (Wildman–Crippen MR) is 89.0 cm³/mol. The molecule has 0 heterocycles. The van der Waals surface area contributed by atoms with Crippen molar-refractivity contribution < 1.29 is 5.11 Å². The molecule has 0 bridgehead atoms. The van der Waals surface area contributed by atoms with Crippen molar-refractivity contribution in [3.63, 3.8) is 0 Å². The third-order valence-corrected chi connectivity index (χ3v) is 7.43. The highest BCUT2D eigenvalue weighted by Gasteiger charge is 2.55. The van der Waals surface area contributed by atoms with Gasteiger partial charge >= 0.3 is 0 Å². The fourth-order valence-electron chi connectivity index (χ4n) is 5.93. The van der Waals surface area contributed by atoms with Crippen molar-refractivity contribution in [2.24, 2.45) is 28.1 Å². The van der Waals surface area contributed by atoms with E-state index in [9.17, 15) is 5.11 Å². The van der Waals surface area contributed by atoms with Crippen molar-refractivity contribution >= 4 is 0 Å². The molecule has 1 heteroatoms. The molecule has 0 radical (unpaired) electrons. The lowest BCUT2D eigenvalue weighted by atomic mass is 9.45. The van der Waals surface area contributed by atoms with Gasteiger partial charge in [0.25, 0.3) is 0 Å². The Morgan fingerprint density at radius 3 is 2.71 bits per heavy atom. The van der Waals surface area contributed by atoms with Crippen LogP contribution in [-0.4, -0.2) is 11.7 Å². The van der Waals surface area contributed by atoms with Crippen molar-refractivity contribution in [2.45, 2.75) is 65.7 Å². The summed E-state index contributed by atoms with van der Waals surface area (Å²) in [6, 6.07) is 0. The van der Waals surface area contributed by atoms with E-state index in [4.69, 9.17) is 0 Å². The molecule has 3 aliphatic carbocycles. The molecule has 5 atom stereocenters. The highest BCUT2D eigenvalue weighted by Crippen LogP contribution is 2.63. The molecule has 21 heavy (non-hydrogen) atoms. The maximum Gasteiger partial charge on any atom is 0.0487 e. The molecule has 0 spiro atoms. The number of hydrogen-bond donors (Lipinski definition) is 1. The van der Waals surface area contributed by atoms with E-state index in [1.807, 2.05) is 0 Å². The molecule has 3 aliphatic rings. The van der Waals surface area contributed by atoms with Crippen molar-refractivity contribution in [1.29, 1.82) is 0 Å². The van der Waals surface area contributed by atoms with Gasteiger partial charge in [-0.2, -0.15) is 0 Å². The van der Waals surface area contributed by atoms with Gasteiger partial charge in [0.15, 0.2) is 0 Å². The first-order valence-electron chi connectivity index (χ1n) is 8.80. The maximum atomic E-state index is 9.99. The summed E-state index contributed by atoms with van der Waals surface area (Å²) in [5, 5.41) is 9.99. The molecular formula is C20H32O. The minimum atomic E-state index is 0.133. The Kier molecular flexibility index (Phi) is 3.64. The van der Waals surface area contributed by atoms with Crippen LogP contribution < -0.4 is 0 Å². The Labute approximate surface area is 130 Å². The third kappa shape index (κ3) is 2.23. The molecule has 0 unspecified atom stereocenters. The van der Waals surface area contributed by atoms with Crippen LogP contribution in [0.2, 0.25) is 0 Å². The molecule has 0 aliphatic heterocycles. The minimum absolute atomic E-state index is 0.133. The Hall–Kier alpha value is -0.560. The largest absolute Gasteiger partial charge is 0.396 e. The molecule has 1 nitrogen and oxygen atoms in total. The molecule has 1 N–H and O–H groups in total. The van der Waals surface area contributed by atoms with E-state index in [1.54, 1.807) is 5.57 Å². The number of rotatable bonds is 2. The fraction of sp³-hybridized carbons (Fsp3) is 0.800. The van der Waals surface area contributed by atoms with Crippen LogP contribution in [0.3, 0.4) is 0 Å². The van der Waals surface area contributed by atoms with E-state index in [0.29, 0.717) is 23.4 Å². The number of aliphatic hydroxyl groups is 1. The summed E-state index contributed by atoms with van der Waals surface area (Å²) in [5.74, 6) is 1.40. The molecule has 0 aromatic rings. The Balaban J connectivity index is 1.94. The smallest absolute Gasteiger partial charge is 0.0487 e. The van der Waals surface area contributed by atoms with Gasteiger partial charge in [0, 0.05) is 6.61 Å². The van der Waals surface area contributed by atoms with Gasteiger partial charge in [0.05, 0.1) is 0 Å². The quantitative estimate of drug-likeness (QED) is 0.700. The highest BCUT2D eigenvalue weighted by molar-refractivity contribution is 5.25. The molecule has 2 fully saturated rings. The Morgan fingerprint density at radius 1 is 1.29 bits per heavy atom. The normalized spacial score (nSPS) is 49.8. The zero-order valence-electron chi connectivity index (χ0n) is 14.1. The van der Waals surface area contributed by atoms with Gasteiger partial charge in [0.2, 0.25) is 0 Å². The molecule has 3 rings (SSSR count). The topological polar surface area (TPSA) is 20.2 Å². The number of fused-ring (bicyclic) bond motifs is 3. The molecule has 118 valence electrons. The van der Waals surface area contributed by atoms with Gasteiger partial charge in [-0.1, -0.05) is 44.9 Å². The summed E-state index contributed by atoms with van der Waals surface area (Å²) in [4.78, 5) is 0. The second-order valence-electron chi connectivity index (χ2n) is 8.87. The lowest BCUT2D eigenvalue weighted by Gasteiger charge is -2.59. The van der Waals surface area contributed by atoms with E-state index in [1.165, 1.54) is 44.9 Å². The highest BCUT2D eigenvalue weighted by atomic mass is 16.3. The van der Waals surface area contributed by atoms with Gasteiger partial charge in [-0.25, -0.2) is 0 Å². The van der Waals surface area contributed by atoms with Crippen molar-refractivity contribution in [2.75, 3.05) is 6.61 Å². The van der Waals surface area contributed by atoms with Crippen LogP contribution in [0.15, 0.2) is 24.3 Å². The van der Waals surface area contributed by atoms with Crippen LogP contribution >= 0.6 is 0 Å². The third-order valence-electron chi connectivity index (χ3n) is 7.43. The summed E-state index contributed by atoms with van der Waals surface area (Å²) in [7, 11) is 0. The van der Waals surface area contributed by atoms with Gasteiger partial charge in [-0.3, -0.25) is 0 Å². The molecule has 0 aromatic carbocycles. The number of hydrogen-bond acceptors (Lipinski definition) is 1. The van der Waals surface area contributed by atoms with E-state index >= 15 is 0 Å². The van der Waals surface area contributed by atoms with Gasteiger partial charge < -0.3 is 5.11 Å². The van der Waals surface area contributed by atoms with Crippen molar-refractivity contribution in [3.05, 3.63) is 24.3 Å². The van der Waals surface area contributed by atoms with E-state index in [0.717, 1.165) is 5.92 Å². The summed E-state index contributed by atoms with van der Waals surface area (Å²) in [6.45, 7) is 11.6. The Bertz CT molecular complexity index is 464. The zero-order chi connectivity index (χ0) is 15.3. The zero-order valence-corrected chi connectivity index (χ0v) is 14.1. The molecular weight excluding hydrogens is 256 g/mol. The van der Waals surface area contributed by atoms with Crippen LogP contribution in [0.5, 0.6) is 0 Å². The first kappa shape index (κ1) is 15.3. The van der Waals surface area contributed by atoms with E-state index < -0.39 is 0 Å². The van der Waals surface area contributed by atoms with Crippen LogP contribution in [0, 0.1) is 28.1 Å². The van der Waals surface area contributed by atoms with Crippen LogP contribution in [0.25, 0.3) is 0 Å². The number of aliphatic hydroxyl groups excluding tert-OH is 1. The fourth-order valence-corrected chi connectivity index (χ4v) is 5.93. The van der Waals surface area contributed by atoms with Gasteiger partial charge in [0.1, 0.15) is 0 Å². The summed E-state index contributed by atoms with van der Waals surface area (Å²) in [5.41, 5.74) is 2.54. The minimum Gasteiger partial charge on any atom is -0.396 e. The maximum absolute atomic E-state index is 9.99. The average Bonchev–Trinajstić information content (AvgIpc) is 2.46. The SMILES string of the molecule is C=C[C@]1(C)CC[C@H]2C(=CC[C@H]3[C@](C)(CO)CCC[C@@]23C)C1. The van der Waals surface area contributed by atoms with Crippen molar-refractivity contribution in [3.8, 4) is 0 Å². The molecule has 0 saturated heterocycles. The Morgan fingerprint density at radius 2 is 2.05 bits per heavy atom. The van der Waals surface area contributed by atoms with Gasteiger partial charge in [-0.15, -0.1) is 6.58 Å². The summed E-state index contributed by atoms with van der Waals surface area (Å²) in [6.07, 6.45) is 13.5. The molecule has 0 aromatic heterocycles. The monoisotopic (exact) mass is 288 g/mol. The first-order chi connectivity index (χ1) is 9.87. The second kappa shape index (κ2) is 4.98.